The molecule has 2 heterocycles. The van der Waals surface area contributed by atoms with Crippen molar-refractivity contribution >= 4 is 16.9 Å². The highest BCUT2D eigenvalue weighted by molar-refractivity contribution is 5.99. The Morgan fingerprint density at radius 2 is 1.82 bits per heavy atom. The number of aryl methyl sites for hydroxylation is 2. The van der Waals surface area contributed by atoms with Crippen molar-refractivity contribution in [1.29, 1.82) is 0 Å². The van der Waals surface area contributed by atoms with Crippen LogP contribution < -0.4 is 10.2 Å². The molecule has 6 heteroatoms. The van der Waals surface area contributed by atoms with Crippen LogP contribution in [0.1, 0.15) is 71.5 Å². The molecular formula is C27H31NO5. The van der Waals surface area contributed by atoms with Crippen LogP contribution in [0, 0.1) is 13.8 Å². The highest BCUT2D eigenvalue weighted by Gasteiger charge is 2.42. The van der Waals surface area contributed by atoms with Crippen LogP contribution in [0.4, 0.5) is 0 Å². The van der Waals surface area contributed by atoms with E-state index in [0.717, 1.165) is 35.3 Å². The number of amides is 1. The van der Waals surface area contributed by atoms with E-state index in [9.17, 15) is 14.7 Å². The fraction of sp³-hybridized carbons (Fsp3) is 0.407. The molecule has 6 nitrogen and oxygen atoms in total. The lowest BCUT2D eigenvalue weighted by Gasteiger charge is -2.24. The number of rotatable bonds is 9. The van der Waals surface area contributed by atoms with Crippen molar-refractivity contribution in [1.82, 2.24) is 4.90 Å². The van der Waals surface area contributed by atoms with E-state index in [1.807, 2.05) is 44.2 Å². The first kappa shape index (κ1) is 23.1. The Bertz CT molecular complexity index is 1210. The topological polar surface area (TPSA) is 80.0 Å². The normalized spacial score (nSPS) is 15.3. The van der Waals surface area contributed by atoms with Crippen molar-refractivity contribution in [3.63, 3.8) is 0 Å². The summed E-state index contributed by atoms with van der Waals surface area (Å²) in [6.07, 6.45) is 4.54. The smallest absolute Gasteiger partial charge is 0.290 e. The number of aliphatic hydroxyl groups excluding tert-OH is 1. The quantitative estimate of drug-likeness (QED) is 0.470. The lowest BCUT2D eigenvalue weighted by molar-refractivity contribution is 0.0691. The lowest BCUT2D eigenvalue weighted by atomic mass is 9.97. The molecule has 0 saturated carbocycles. The van der Waals surface area contributed by atoms with Gasteiger partial charge in [0.2, 0.25) is 5.76 Å². The van der Waals surface area contributed by atoms with Gasteiger partial charge in [-0.1, -0.05) is 44.4 Å². The second-order valence-electron chi connectivity index (χ2n) is 8.73. The fourth-order valence-corrected chi connectivity index (χ4v) is 4.66. The van der Waals surface area contributed by atoms with Crippen LogP contribution in [-0.4, -0.2) is 35.7 Å². The van der Waals surface area contributed by atoms with Gasteiger partial charge in [-0.05, 0) is 55.2 Å². The number of carbonyl (C=O) groups excluding carboxylic acids is 1. The summed E-state index contributed by atoms with van der Waals surface area (Å²) in [7, 11) is 0. The minimum Gasteiger partial charge on any atom is -0.494 e. The SMILES string of the molecule is CCCCCCOc1ccc(C2c3c(oc4cc(C)cc(C)c4c3=O)C(=O)N2CCO)cc1. The molecule has 0 spiro atoms. The van der Waals surface area contributed by atoms with Crippen LogP contribution in [0.2, 0.25) is 0 Å². The Morgan fingerprint density at radius 3 is 2.52 bits per heavy atom. The van der Waals surface area contributed by atoms with Gasteiger partial charge >= 0.3 is 0 Å². The molecule has 1 amide bonds. The number of hydrogen-bond acceptors (Lipinski definition) is 5. The maximum Gasteiger partial charge on any atom is 0.290 e. The number of aliphatic hydroxyl groups is 1. The standard InChI is InChI=1S/C27H31NO5/c1-4-5-6-7-14-32-20-10-8-19(9-11-20)24-23-25(30)22-18(3)15-17(2)16-21(22)33-26(23)27(31)28(24)12-13-29/h8-11,15-16,24,29H,4-7,12-14H2,1-3H3. The van der Waals surface area contributed by atoms with Crippen LogP contribution in [0.5, 0.6) is 5.75 Å². The number of nitrogens with zero attached hydrogens (tertiary/aromatic N) is 1. The molecule has 0 radical (unpaired) electrons. The van der Waals surface area contributed by atoms with Gasteiger partial charge in [-0.2, -0.15) is 0 Å². The highest BCUT2D eigenvalue weighted by atomic mass is 16.5. The molecule has 174 valence electrons. The minimum atomic E-state index is -0.611. The first-order chi connectivity index (χ1) is 16.0. The van der Waals surface area contributed by atoms with Gasteiger partial charge in [-0.15, -0.1) is 0 Å². The Morgan fingerprint density at radius 1 is 1.06 bits per heavy atom. The summed E-state index contributed by atoms with van der Waals surface area (Å²) in [6.45, 7) is 6.54. The van der Waals surface area contributed by atoms with Crippen molar-refractivity contribution in [2.45, 2.75) is 52.5 Å². The molecule has 4 rings (SSSR count). The minimum absolute atomic E-state index is 0.0622. The monoisotopic (exact) mass is 449 g/mol. The predicted molar refractivity (Wildman–Crippen MR) is 128 cm³/mol. The van der Waals surface area contributed by atoms with E-state index >= 15 is 0 Å². The summed E-state index contributed by atoms with van der Waals surface area (Å²) >= 11 is 0. The number of carbonyl (C=O) groups is 1. The zero-order valence-corrected chi connectivity index (χ0v) is 19.5. The number of fused-ring (bicyclic) bond motifs is 2. The van der Waals surface area contributed by atoms with E-state index in [-0.39, 0.29) is 30.2 Å². The Balaban J connectivity index is 1.72. The molecular weight excluding hydrogens is 418 g/mol. The molecule has 0 aliphatic carbocycles. The number of ether oxygens (including phenoxy) is 1. The molecule has 0 fully saturated rings. The molecule has 0 saturated heterocycles. The van der Waals surface area contributed by atoms with Crippen molar-refractivity contribution in [3.8, 4) is 5.75 Å². The van der Waals surface area contributed by atoms with Crippen LogP contribution in [0.25, 0.3) is 11.0 Å². The Labute approximate surface area is 193 Å². The molecule has 3 aromatic rings. The second-order valence-corrected chi connectivity index (χ2v) is 8.73. The third kappa shape index (κ3) is 4.40. The molecule has 33 heavy (non-hydrogen) atoms. The van der Waals surface area contributed by atoms with Gasteiger partial charge in [0.1, 0.15) is 11.3 Å². The van der Waals surface area contributed by atoms with Crippen molar-refractivity contribution in [3.05, 3.63) is 74.6 Å². The Hall–Kier alpha value is -3.12. The maximum atomic E-state index is 13.6. The fourth-order valence-electron chi connectivity index (χ4n) is 4.66. The van der Waals surface area contributed by atoms with Crippen LogP contribution in [0.15, 0.2) is 45.6 Å². The van der Waals surface area contributed by atoms with E-state index in [2.05, 4.69) is 6.92 Å². The molecule has 1 aliphatic rings. The van der Waals surface area contributed by atoms with E-state index in [0.29, 0.717) is 23.1 Å². The Kier molecular flexibility index (Phi) is 6.84. The van der Waals surface area contributed by atoms with Crippen LogP contribution in [0.3, 0.4) is 0 Å². The number of benzene rings is 2. The van der Waals surface area contributed by atoms with Gasteiger partial charge in [0.05, 0.1) is 30.2 Å². The number of β-amino-alcohol motifs (C(OH)–C–C–N with tert-alkyl or cyclic N) is 1. The molecule has 1 N–H and O–H groups in total. The zero-order valence-electron chi connectivity index (χ0n) is 19.5. The number of hydrogen-bond donors (Lipinski definition) is 1. The molecule has 1 atom stereocenters. The third-order valence-corrected chi connectivity index (χ3v) is 6.22. The third-order valence-electron chi connectivity index (χ3n) is 6.22. The van der Waals surface area contributed by atoms with Gasteiger partial charge in [0, 0.05) is 6.54 Å². The molecule has 0 bridgehead atoms. The second kappa shape index (κ2) is 9.79. The van der Waals surface area contributed by atoms with Gasteiger partial charge < -0.3 is 19.2 Å². The number of unbranched alkanes of at least 4 members (excludes halogenated alkanes) is 3. The van der Waals surface area contributed by atoms with Gasteiger partial charge in [0.25, 0.3) is 5.91 Å². The summed E-state index contributed by atoms with van der Waals surface area (Å²) in [5.74, 6) is 0.441. The average molecular weight is 450 g/mol. The van der Waals surface area contributed by atoms with E-state index < -0.39 is 6.04 Å². The summed E-state index contributed by atoms with van der Waals surface area (Å²) in [5, 5.41) is 10.1. The molecule has 2 aromatic carbocycles. The maximum absolute atomic E-state index is 13.6. The van der Waals surface area contributed by atoms with Crippen molar-refractivity contribution in [2.24, 2.45) is 0 Å². The summed E-state index contributed by atoms with van der Waals surface area (Å²) < 4.78 is 11.8. The van der Waals surface area contributed by atoms with E-state index in [1.54, 1.807) is 6.07 Å². The molecule has 1 unspecified atom stereocenters. The first-order valence-electron chi connectivity index (χ1n) is 11.7. The van der Waals surface area contributed by atoms with Gasteiger partial charge in [-0.25, -0.2) is 0 Å². The summed E-state index contributed by atoms with van der Waals surface area (Å²) in [5.41, 5.74) is 3.12. The van der Waals surface area contributed by atoms with Crippen LogP contribution >= 0.6 is 0 Å². The predicted octanol–water partition coefficient (Wildman–Crippen LogP) is 4.91. The highest BCUT2D eigenvalue weighted by Crippen LogP contribution is 2.38. The summed E-state index contributed by atoms with van der Waals surface area (Å²) in [4.78, 5) is 28.3. The van der Waals surface area contributed by atoms with Crippen molar-refractivity contribution in [2.75, 3.05) is 19.8 Å². The van der Waals surface area contributed by atoms with E-state index in [1.165, 1.54) is 17.7 Å². The van der Waals surface area contributed by atoms with Gasteiger partial charge in [0.15, 0.2) is 5.43 Å². The zero-order chi connectivity index (χ0) is 23.5. The first-order valence-corrected chi connectivity index (χ1v) is 11.7. The van der Waals surface area contributed by atoms with E-state index in [4.69, 9.17) is 9.15 Å². The van der Waals surface area contributed by atoms with Crippen LogP contribution in [-0.2, 0) is 0 Å². The average Bonchev–Trinajstić information content (AvgIpc) is 3.06. The summed E-state index contributed by atoms with van der Waals surface area (Å²) in [6, 6.07) is 10.6. The molecule has 1 aliphatic heterocycles. The molecule has 1 aromatic heterocycles. The van der Waals surface area contributed by atoms with Gasteiger partial charge in [-0.3, -0.25) is 9.59 Å². The largest absolute Gasteiger partial charge is 0.494 e. The lowest BCUT2D eigenvalue weighted by Crippen LogP contribution is -2.32. The van der Waals surface area contributed by atoms with Crippen molar-refractivity contribution < 1.29 is 19.1 Å².